The van der Waals surface area contributed by atoms with Crippen LogP contribution in [0.25, 0.3) is 0 Å². The van der Waals surface area contributed by atoms with E-state index in [2.05, 4.69) is 16.0 Å². The molecule has 35 heavy (non-hydrogen) atoms. The number of alkyl carbamates (subject to hydrolysis) is 1. The number of amides is 3. The largest absolute Gasteiger partial charge is 0.497 e. The molecule has 2 rings (SSSR count). The molecular weight excluding hydrogens is 454 g/mol. The maximum Gasteiger partial charge on any atom is 0.408 e. The molecule has 3 N–H and O–H groups in total. The van der Waals surface area contributed by atoms with Crippen molar-refractivity contribution in [1.82, 2.24) is 16.0 Å². The number of rotatable bonds is 5. The first kappa shape index (κ1) is 27.7. The molecule has 0 bridgehead atoms. The van der Waals surface area contributed by atoms with Gasteiger partial charge in [0.25, 0.3) is 0 Å². The summed E-state index contributed by atoms with van der Waals surface area (Å²) >= 11 is 0. The van der Waals surface area contributed by atoms with Crippen LogP contribution in [0.2, 0.25) is 0 Å². The predicted molar refractivity (Wildman–Crippen MR) is 129 cm³/mol. The zero-order valence-electron chi connectivity index (χ0n) is 21.0. The SMILES string of the molecule is COc1ccc(C[C@@H]2NC(=O)[C@H](C(C)C)NC(=O)/C=C/[C@@H](NC(=O)OC(C)(C)C)COC2=O)cc1. The summed E-state index contributed by atoms with van der Waals surface area (Å²) < 4.78 is 15.9. The number of benzene rings is 1. The molecule has 10 nitrogen and oxygen atoms in total. The Balaban J connectivity index is 2.28. The summed E-state index contributed by atoms with van der Waals surface area (Å²) in [5, 5.41) is 7.95. The number of ether oxygens (including phenoxy) is 3. The summed E-state index contributed by atoms with van der Waals surface area (Å²) in [5.41, 5.74) is 0.0412. The first-order valence-electron chi connectivity index (χ1n) is 11.5. The number of hydrogen-bond acceptors (Lipinski definition) is 7. The molecule has 0 aliphatic carbocycles. The van der Waals surface area contributed by atoms with E-state index in [9.17, 15) is 19.2 Å². The van der Waals surface area contributed by atoms with Crippen LogP contribution >= 0.6 is 0 Å². The standard InChI is InChI=1S/C25H35N3O7/c1-15(2)21-22(30)27-19(13-16-7-10-18(33-6)11-8-16)23(31)34-14-17(9-12-20(29)28-21)26-24(32)35-25(3,4)5/h7-12,15,17,19,21H,13-14H2,1-6H3,(H,26,32)(H,27,30)(H,28,29)/b12-9+/t17-,19+,21+/m1/s1. The summed E-state index contributed by atoms with van der Waals surface area (Å²) in [6.07, 6.45) is 2.02. The van der Waals surface area contributed by atoms with Crippen molar-refractivity contribution >= 4 is 23.9 Å². The van der Waals surface area contributed by atoms with Gasteiger partial charge in [0.05, 0.1) is 13.2 Å². The number of hydrogen-bond donors (Lipinski definition) is 3. The monoisotopic (exact) mass is 489 g/mol. The number of carbonyl (C=O) groups excluding carboxylic acids is 4. The highest BCUT2D eigenvalue weighted by Gasteiger charge is 2.30. The smallest absolute Gasteiger partial charge is 0.408 e. The van der Waals surface area contributed by atoms with Gasteiger partial charge in [-0.3, -0.25) is 9.59 Å². The fourth-order valence-corrected chi connectivity index (χ4v) is 3.27. The third kappa shape index (κ3) is 9.30. The molecule has 3 atom stereocenters. The van der Waals surface area contributed by atoms with Crippen LogP contribution in [0.1, 0.15) is 40.2 Å². The van der Waals surface area contributed by atoms with Crippen LogP contribution in [0.5, 0.6) is 5.75 Å². The Hall–Kier alpha value is -3.56. The minimum absolute atomic E-state index is 0.160. The van der Waals surface area contributed by atoms with Gasteiger partial charge in [-0.05, 0) is 44.4 Å². The molecule has 0 spiro atoms. The average Bonchev–Trinajstić information content (AvgIpc) is 2.76. The van der Waals surface area contributed by atoms with Crippen LogP contribution in [-0.4, -0.2) is 61.3 Å². The van der Waals surface area contributed by atoms with Crippen molar-refractivity contribution in [1.29, 1.82) is 0 Å². The fraction of sp³-hybridized carbons (Fsp3) is 0.520. The van der Waals surface area contributed by atoms with Crippen LogP contribution < -0.4 is 20.7 Å². The maximum atomic E-state index is 13.0. The van der Waals surface area contributed by atoms with Gasteiger partial charge in [-0.25, -0.2) is 9.59 Å². The topological polar surface area (TPSA) is 132 Å². The lowest BCUT2D eigenvalue weighted by molar-refractivity contribution is -0.148. The second kappa shape index (κ2) is 12.2. The highest BCUT2D eigenvalue weighted by molar-refractivity contribution is 5.94. The lowest BCUT2D eigenvalue weighted by Gasteiger charge is -2.26. The number of cyclic esters (lactones) is 1. The number of esters is 1. The fourth-order valence-electron chi connectivity index (χ4n) is 3.27. The van der Waals surface area contributed by atoms with E-state index in [4.69, 9.17) is 14.2 Å². The van der Waals surface area contributed by atoms with E-state index in [-0.39, 0.29) is 18.9 Å². The van der Waals surface area contributed by atoms with Gasteiger partial charge in [-0.2, -0.15) is 0 Å². The van der Waals surface area contributed by atoms with Crippen molar-refractivity contribution in [3.8, 4) is 5.75 Å². The lowest BCUT2D eigenvalue weighted by atomic mass is 10.0. The highest BCUT2D eigenvalue weighted by atomic mass is 16.6. The predicted octanol–water partition coefficient (Wildman–Crippen LogP) is 1.87. The van der Waals surface area contributed by atoms with Crippen LogP contribution in [0, 0.1) is 5.92 Å². The molecule has 0 fully saturated rings. The quantitative estimate of drug-likeness (QED) is 0.538. The zero-order valence-corrected chi connectivity index (χ0v) is 21.0. The summed E-state index contributed by atoms with van der Waals surface area (Å²) in [7, 11) is 1.55. The van der Waals surface area contributed by atoms with Gasteiger partial charge < -0.3 is 30.2 Å². The van der Waals surface area contributed by atoms with Crippen LogP contribution in [0.15, 0.2) is 36.4 Å². The maximum absolute atomic E-state index is 13.0. The molecule has 1 aromatic carbocycles. The minimum atomic E-state index is -1.01. The molecule has 0 saturated heterocycles. The summed E-state index contributed by atoms with van der Waals surface area (Å²) in [6.45, 7) is 8.46. The van der Waals surface area contributed by atoms with Crippen LogP contribution in [0.3, 0.4) is 0 Å². The van der Waals surface area contributed by atoms with Crippen molar-refractivity contribution < 1.29 is 33.4 Å². The van der Waals surface area contributed by atoms with Crippen molar-refractivity contribution in [3.05, 3.63) is 42.0 Å². The molecule has 0 radical (unpaired) electrons. The van der Waals surface area contributed by atoms with Gasteiger partial charge in [-0.1, -0.05) is 32.1 Å². The molecule has 1 heterocycles. The van der Waals surface area contributed by atoms with Crippen molar-refractivity contribution in [2.45, 2.75) is 64.8 Å². The van der Waals surface area contributed by atoms with Gasteiger partial charge in [0.1, 0.15) is 30.0 Å². The molecule has 10 heteroatoms. The van der Waals surface area contributed by atoms with E-state index in [1.807, 2.05) is 0 Å². The van der Waals surface area contributed by atoms with Gasteiger partial charge >= 0.3 is 12.1 Å². The van der Waals surface area contributed by atoms with E-state index in [1.165, 1.54) is 12.2 Å². The third-order valence-electron chi connectivity index (χ3n) is 5.03. The number of carbonyl (C=O) groups is 4. The summed E-state index contributed by atoms with van der Waals surface area (Å²) in [6, 6.07) is 4.35. The first-order valence-corrected chi connectivity index (χ1v) is 11.5. The second-order valence-corrected chi connectivity index (χ2v) is 9.59. The van der Waals surface area contributed by atoms with E-state index >= 15 is 0 Å². The molecule has 0 saturated carbocycles. The molecule has 1 aliphatic heterocycles. The van der Waals surface area contributed by atoms with E-state index in [0.717, 1.165) is 5.56 Å². The van der Waals surface area contributed by atoms with E-state index in [0.29, 0.717) is 5.75 Å². The van der Waals surface area contributed by atoms with E-state index in [1.54, 1.807) is 66.0 Å². The van der Waals surface area contributed by atoms with Crippen molar-refractivity contribution in [2.24, 2.45) is 5.92 Å². The number of methoxy groups -OCH3 is 1. The summed E-state index contributed by atoms with van der Waals surface area (Å²) in [4.78, 5) is 50.6. The Morgan fingerprint density at radius 2 is 1.80 bits per heavy atom. The molecule has 1 aromatic rings. The number of nitrogens with one attached hydrogen (secondary N) is 3. The lowest BCUT2D eigenvalue weighted by Crippen LogP contribution is -2.55. The van der Waals surface area contributed by atoms with Gasteiger partial charge in [0, 0.05) is 12.5 Å². The van der Waals surface area contributed by atoms with Crippen molar-refractivity contribution in [3.63, 3.8) is 0 Å². The van der Waals surface area contributed by atoms with Crippen molar-refractivity contribution in [2.75, 3.05) is 13.7 Å². The first-order chi connectivity index (χ1) is 16.4. The highest BCUT2D eigenvalue weighted by Crippen LogP contribution is 2.14. The van der Waals surface area contributed by atoms with Gasteiger partial charge in [-0.15, -0.1) is 0 Å². The van der Waals surface area contributed by atoms with E-state index < -0.39 is 47.6 Å². The van der Waals surface area contributed by atoms with Gasteiger partial charge in [0.2, 0.25) is 11.8 Å². The minimum Gasteiger partial charge on any atom is -0.497 e. The normalized spacial score (nSPS) is 22.6. The second-order valence-electron chi connectivity index (χ2n) is 9.59. The molecule has 0 unspecified atom stereocenters. The van der Waals surface area contributed by atoms with Crippen LogP contribution in [-0.2, 0) is 30.3 Å². The summed E-state index contributed by atoms with van der Waals surface area (Å²) in [5.74, 6) is -1.28. The van der Waals surface area contributed by atoms with Gasteiger partial charge in [0.15, 0.2) is 0 Å². The Kier molecular flexibility index (Phi) is 9.68. The Morgan fingerprint density at radius 3 is 2.37 bits per heavy atom. The molecule has 1 aliphatic rings. The van der Waals surface area contributed by atoms with Crippen LogP contribution in [0.4, 0.5) is 4.79 Å². The molecule has 192 valence electrons. The average molecular weight is 490 g/mol. The molecular formula is C25H35N3O7. The molecule has 0 aromatic heterocycles. The Bertz CT molecular complexity index is 935. The molecule has 3 amide bonds. The third-order valence-corrected chi connectivity index (χ3v) is 5.03. The Labute approximate surface area is 205 Å². The Morgan fingerprint density at radius 1 is 1.14 bits per heavy atom. The zero-order chi connectivity index (χ0) is 26.2.